The normalized spacial score (nSPS) is 10.0. The second-order valence-electron chi connectivity index (χ2n) is 1.85. The van der Waals surface area contributed by atoms with Crippen molar-refractivity contribution in [3.63, 3.8) is 0 Å². The van der Waals surface area contributed by atoms with Gasteiger partial charge in [0.2, 0.25) is 0 Å². The van der Waals surface area contributed by atoms with Crippen molar-refractivity contribution < 1.29 is 0 Å². The fourth-order valence-corrected chi connectivity index (χ4v) is 0.762. The van der Waals surface area contributed by atoms with Gasteiger partial charge < -0.3 is 0 Å². The summed E-state index contributed by atoms with van der Waals surface area (Å²) in [6.45, 7) is 0. The van der Waals surface area contributed by atoms with E-state index in [1.54, 1.807) is 18.5 Å². The maximum absolute atomic E-state index is 4.02. The lowest BCUT2D eigenvalue weighted by atomic mass is 10.4. The van der Waals surface area contributed by atoms with Crippen LogP contribution in [0.4, 0.5) is 0 Å². The molecule has 2 aromatic heterocycles. The predicted octanol–water partition coefficient (Wildman–Crippen LogP) is 0.825. The summed E-state index contributed by atoms with van der Waals surface area (Å²) in [6.07, 6.45) is 4.82. The Morgan fingerprint density at radius 3 is 3.20 bits per heavy atom. The molecule has 0 aliphatic heterocycles. The molecule has 2 heterocycles. The summed E-state index contributed by atoms with van der Waals surface area (Å²) in [5, 5.41) is 0. The summed E-state index contributed by atoms with van der Waals surface area (Å²) < 4.78 is 0. The third-order valence-electron chi connectivity index (χ3n) is 1.20. The molecule has 0 amide bonds. The van der Waals surface area contributed by atoms with Crippen LogP contribution in [-0.2, 0) is 0 Å². The Morgan fingerprint density at radius 2 is 2.30 bits per heavy atom. The highest BCUT2D eigenvalue weighted by atomic mass is 14.8. The van der Waals surface area contributed by atoms with Gasteiger partial charge in [-0.3, -0.25) is 4.98 Å². The molecule has 0 saturated heterocycles. The fraction of sp³-hybridized carbons (Fsp3) is 0. The zero-order chi connectivity index (χ0) is 6.81. The van der Waals surface area contributed by atoms with E-state index in [9.17, 15) is 0 Å². The van der Waals surface area contributed by atoms with Gasteiger partial charge in [0, 0.05) is 12.3 Å². The Hall–Kier alpha value is -1.51. The van der Waals surface area contributed by atoms with Crippen molar-refractivity contribution in [3.8, 4) is 0 Å². The van der Waals surface area contributed by atoms with Crippen molar-refractivity contribution in [3.05, 3.63) is 30.9 Å². The molecule has 3 nitrogen and oxygen atoms in total. The average molecular weight is 130 g/mol. The van der Waals surface area contributed by atoms with Crippen LogP contribution in [0.15, 0.2) is 24.8 Å². The average Bonchev–Trinajstić information content (AvgIpc) is 2.05. The Balaban J connectivity index is 2.89. The highest BCUT2D eigenvalue weighted by Crippen LogP contribution is 2.01. The van der Waals surface area contributed by atoms with E-state index in [0.717, 1.165) is 11.0 Å². The van der Waals surface area contributed by atoms with Crippen LogP contribution in [0, 0.1) is 6.07 Å². The first kappa shape index (κ1) is 5.29. The van der Waals surface area contributed by atoms with Gasteiger partial charge in [0.05, 0.1) is 11.7 Å². The van der Waals surface area contributed by atoms with Crippen molar-refractivity contribution in [2.24, 2.45) is 0 Å². The lowest BCUT2D eigenvalue weighted by Crippen LogP contribution is -1.82. The van der Waals surface area contributed by atoms with Gasteiger partial charge in [0.25, 0.3) is 0 Å². The van der Waals surface area contributed by atoms with Crippen LogP contribution in [0.1, 0.15) is 0 Å². The molecule has 0 unspecified atom stereocenters. The van der Waals surface area contributed by atoms with Gasteiger partial charge in [0.15, 0.2) is 0 Å². The number of aromatic nitrogens is 3. The first-order chi connectivity index (χ1) is 4.97. The summed E-state index contributed by atoms with van der Waals surface area (Å²) in [5.41, 5.74) is 1.54. The number of hydrogen-bond acceptors (Lipinski definition) is 3. The van der Waals surface area contributed by atoms with Crippen LogP contribution in [0.2, 0.25) is 0 Å². The van der Waals surface area contributed by atoms with E-state index in [1.807, 2.05) is 0 Å². The Bertz CT molecular complexity index is 280. The van der Waals surface area contributed by atoms with Crippen molar-refractivity contribution >= 4 is 11.0 Å². The number of fused-ring (bicyclic) bond motifs is 1. The SMILES string of the molecule is [c]1ccnc2cncnc12. The van der Waals surface area contributed by atoms with E-state index in [0.29, 0.717) is 0 Å². The van der Waals surface area contributed by atoms with Gasteiger partial charge in [-0.05, 0) is 6.07 Å². The summed E-state index contributed by atoms with van der Waals surface area (Å²) in [6, 6.07) is 4.67. The number of nitrogens with zero attached hydrogens (tertiary/aromatic N) is 3. The van der Waals surface area contributed by atoms with Crippen LogP contribution in [0.5, 0.6) is 0 Å². The van der Waals surface area contributed by atoms with Crippen molar-refractivity contribution in [2.45, 2.75) is 0 Å². The highest BCUT2D eigenvalue weighted by molar-refractivity contribution is 5.71. The molecule has 3 heteroatoms. The fourth-order valence-electron chi connectivity index (χ4n) is 0.762. The van der Waals surface area contributed by atoms with Crippen LogP contribution in [0.25, 0.3) is 11.0 Å². The molecule has 0 aromatic carbocycles. The summed E-state index contributed by atoms with van der Waals surface area (Å²) in [4.78, 5) is 11.8. The number of rotatable bonds is 0. The molecular weight excluding hydrogens is 126 g/mol. The standard InChI is InChI=1S/C7H4N3/c1-2-6-7(9-3-1)4-8-5-10-6/h1,3-5H. The van der Waals surface area contributed by atoms with Gasteiger partial charge in [-0.25, -0.2) is 9.97 Å². The molecule has 2 rings (SSSR count). The lowest BCUT2D eigenvalue weighted by molar-refractivity contribution is 1.20. The van der Waals surface area contributed by atoms with Gasteiger partial charge in [-0.2, -0.15) is 0 Å². The van der Waals surface area contributed by atoms with Crippen molar-refractivity contribution in [1.29, 1.82) is 0 Å². The maximum atomic E-state index is 4.02. The molecule has 0 aliphatic rings. The molecule has 10 heavy (non-hydrogen) atoms. The molecule has 0 spiro atoms. The van der Waals surface area contributed by atoms with Crippen molar-refractivity contribution in [1.82, 2.24) is 15.0 Å². The largest absolute Gasteiger partial charge is 0.253 e. The Labute approximate surface area is 57.8 Å². The quantitative estimate of drug-likeness (QED) is 0.530. The molecule has 0 atom stereocenters. The third kappa shape index (κ3) is 0.719. The van der Waals surface area contributed by atoms with E-state index in [2.05, 4.69) is 21.0 Å². The minimum atomic E-state index is 0.762. The van der Waals surface area contributed by atoms with Gasteiger partial charge in [-0.15, -0.1) is 0 Å². The minimum Gasteiger partial charge on any atom is -0.253 e. The molecule has 0 aliphatic carbocycles. The second kappa shape index (κ2) is 2.02. The number of hydrogen-bond donors (Lipinski definition) is 0. The molecule has 0 saturated carbocycles. The molecule has 1 radical (unpaired) electrons. The van der Waals surface area contributed by atoms with E-state index in [4.69, 9.17) is 0 Å². The topological polar surface area (TPSA) is 38.7 Å². The molecule has 2 aromatic rings. The second-order valence-corrected chi connectivity index (χ2v) is 1.85. The first-order valence-electron chi connectivity index (χ1n) is 2.89. The van der Waals surface area contributed by atoms with E-state index in [1.165, 1.54) is 6.33 Å². The first-order valence-corrected chi connectivity index (χ1v) is 2.89. The number of pyridine rings is 1. The predicted molar refractivity (Wildman–Crippen MR) is 36.2 cm³/mol. The molecular formula is C7H4N3. The van der Waals surface area contributed by atoms with Crippen molar-refractivity contribution in [2.75, 3.05) is 0 Å². The molecule has 0 bridgehead atoms. The highest BCUT2D eigenvalue weighted by Gasteiger charge is 1.89. The third-order valence-corrected chi connectivity index (χ3v) is 1.20. The van der Waals surface area contributed by atoms with E-state index >= 15 is 0 Å². The van der Waals surface area contributed by atoms with Crippen LogP contribution >= 0.6 is 0 Å². The van der Waals surface area contributed by atoms with Gasteiger partial charge in [-0.1, -0.05) is 0 Å². The molecule has 0 fully saturated rings. The van der Waals surface area contributed by atoms with E-state index < -0.39 is 0 Å². The maximum Gasteiger partial charge on any atom is 0.116 e. The smallest absolute Gasteiger partial charge is 0.116 e. The van der Waals surface area contributed by atoms with Crippen LogP contribution < -0.4 is 0 Å². The summed E-state index contributed by atoms with van der Waals surface area (Å²) in [7, 11) is 0. The van der Waals surface area contributed by atoms with Gasteiger partial charge >= 0.3 is 0 Å². The lowest BCUT2D eigenvalue weighted by Gasteiger charge is -1.89. The zero-order valence-electron chi connectivity index (χ0n) is 5.15. The Morgan fingerprint density at radius 1 is 1.30 bits per heavy atom. The molecule has 0 N–H and O–H groups in total. The van der Waals surface area contributed by atoms with Gasteiger partial charge in [0.1, 0.15) is 11.8 Å². The van der Waals surface area contributed by atoms with Crippen LogP contribution in [0.3, 0.4) is 0 Å². The Kier molecular flexibility index (Phi) is 1.07. The zero-order valence-corrected chi connectivity index (χ0v) is 5.15. The summed E-state index contributed by atoms with van der Waals surface area (Å²) >= 11 is 0. The monoisotopic (exact) mass is 130 g/mol. The summed E-state index contributed by atoms with van der Waals surface area (Å²) in [5.74, 6) is 0. The molecule has 47 valence electrons. The minimum absolute atomic E-state index is 0.762. The van der Waals surface area contributed by atoms with E-state index in [-0.39, 0.29) is 0 Å². The van der Waals surface area contributed by atoms with Crippen LogP contribution in [-0.4, -0.2) is 15.0 Å².